The molecule has 0 radical (unpaired) electrons. The molecule has 5 aromatic rings. The summed E-state index contributed by atoms with van der Waals surface area (Å²) >= 11 is 0. The molecule has 0 spiro atoms. The van der Waals surface area contributed by atoms with Gasteiger partial charge < -0.3 is 9.55 Å². The van der Waals surface area contributed by atoms with Crippen LogP contribution < -0.4 is 5.56 Å². The highest BCUT2D eigenvalue weighted by molar-refractivity contribution is 5.82. The number of aromatic nitrogens is 6. The van der Waals surface area contributed by atoms with Gasteiger partial charge in [-0.1, -0.05) is 12.5 Å². The first kappa shape index (κ1) is 25.6. The molecule has 9 heteroatoms. The summed E-state index contributed by atoms with van der Waals surface area (Å²) in [4.78, 5) is 34.4. The lowest BCUT2D eigenvalue weighted by Gasteiger charge is -2.25. The van der Waals surface area contributed by atoms with Crippen molar-refractivity contribution in [1.82, 2.24) is 34.0 Å². The SMILES string of the molecule is Cn1ccnc1-c1cc(F)ccc1-c1cc(C2CC2)nc(-n2cc(C3CC3)c3nc(CN4CCCCC4)[nH]c3c2=O)c1. The van der Waals surface area contributed by atoms with E-state index >= 15 is 0 Å². The Balaban J connectivity index is 1.28. The van der Waals surface area contributed by atoms with Crippen molar-refractivity contribution in [3.05, 3.63) is 82.2 Å². The first-order valence-corrected chi connectivity index (χ1v) is 15.2. The van der Waals surface area contributed by atoms with Gasteiger partial charge in [0.1, 0.15) is 28.8 Å². The lowest BCUT2D eigenvalue weighted by molar-refractivity contribution is 0.216. The molecule has 5 heterocycles. The molecule has 3 aliphatic rings. The number of benzene rings is 1. The summed E-state index contributed by atoms with van der Waals surface area (Å²) in [7, 11) is 1.91. The molecule has 8 rings (SSSR count). The predicted octanol–water partition coefficient (Wildman–Crippen LogP) is 6.06. The zero-order chi connectivity index (χ0) is 28.4. The number of halogens is 1. The largest absolute Gasteiger partial charge is 0.336 e. The Morgan fingerprint density at radius 2 is 1.79 bits per heavy atom. The van der Waals surface area contributed by atoms with Crippen LogP contribution >= 0.6 is 0 Å². The van der Waals surface area contributed by atoms with Crippen molar-refractivity contribution < 1.29 is 4.39 Å². The fourth-order valence-corrected chi connectivity index (χ4v) is 6.42. The number of rotatable bonds is 7. The Bertz CT molecular complexity index is 1870. The summed E-state index contributed by atoms with van der Waals surface area (Å²) < 4.78 is 18.1. The van der Waals surface area contributed by atoms with Gasteiger partial charge in [-0.2, -0.15) is 0 Å². The molecule has 1 aromatic carbocycles. The molecule has 1 N–H and O–H groups in total. The Hall–Kier alpha value is -4.11. The Kier molecular flexibility index (Phi) is 6.10. The van der Waals surface area contributed by atoms with E-state index in [-0.39, 0.29) is 11.4 Å². The molecule has 4 aromatic heterocycles. The van der Waals surface area contributed by atoms with Crippen LogP contribution in [0, 0.1) is 5.82 Å². The second-order valence-electron chi connectivity index (χ2n) is 12.2. The van der Waals surface area contributed by atoms with Crippen molar-refractivity contribution in [2.75, 3.05) is 13.1 Å². The maximum absolute atomic E-state index is 14.5. The van der Waals surface area contributed by atoms with Crippen molar-refractivity contribution >= 4 is 11.0 Å². The fraction of sp³-hybridized carbons (Fsp3) is 0.394. The van der Waals surface area contributed by atoms with Gasteiger partial charge in [-0.3, -0.25) is 14.3 Å². The van der Waals surface area contributed by atoms with Crippen molar-refractivity contribution in [3.8, 4) is 28.3 Å². The van der Waals surface area contributed by atoms with Gasteiger partial charge in [0.2, 0.25) is 0 Å². The van der Waals surface area contributed by atoms with Crippen LogP contribution in [-0.4, -0.2) is 47.1 Å². The first-order valence-electron chi connectivity index (χ1n) is 15.2. The molecule has 2 saturated carbocycles. The summed E-state index contributed by atoms with van der Waals surface area (Å²) in [5.41, 5.74) is 5.77. The highest BCUT2D eigenvalue weighted by Crippen LogP contribution is 2.44. The Morgan fingerprint density at radius 1 is 0.976 bits per heavy atom. The van der Waals surface area contributed by atoms with Crippen molar-refractivity contribution in [1.29, 1.82) is 0 Å². The van der Waals surface area contributed by atoms with Gasteiger partial charge in [0.05, 0.1) is 12.1 Å². The van der Waals surface area contributed by atoms with Crippen LogP contribution in [0.3, 0.4) is 0 Å². The minimum absolute atomic E-state index is 0.137. The molecular weight excluding hydrogens is 529 g/mol. The predicted molar refractivity (Wildman–Crippen MR) is 160 cm³/mol. The normalized spacial score (nSPS) is 17.8. The van der Waals surface area contributed by atoms with Crippen molar-refractivity contribution in [2.24, 2.45) is 7.05 Å². The summed E-state index contributed by atoms with van der Waals surface area (Å²) in [6.07, 6.45) is 13.6. The van der Waals surface area contributed by atoms with Crippen LogP contribution in [0.25, 0.3) is 39.4 Å². The van der Waals surface area contributed by atoms with E-state index in [0.29, 0.717) is 34.6 Å². The van der Waals surface area contributed by atoms with Crippen LogP contribution in [0.2, 0.25) is 0 Å². The molecule has 1 saturated heterocycles. The van der Waals surface area contributed by atoms with Gasteiger partial charge in [-0.15, -0.1) is 0 Å². The third-order valence-electron chi connectivity index (χ3n) is 9.00. The number of nitrogens with zero attached hydrogens (tertiary/aromatic N) is 6. The molecular formula is C33H34FN7O. The number of hydrogen-bond donors (Lipinski definition) is 1. The Labute approximate surface area is 243 Å². The molecule has 214 valence electrons. The standard InChI is InChI=1S/C33H34FN7O/c1-39-14-11-35-32(39)25-17-23(34)9-10-24(25)22-15-27(21-7-8-21)36-29(16-22)41-18-26(20-5-6-20)30-31(33(41)42)38-28(37-30)19-40-12-3-2-4-13-40/h9-11,14-18,20-21H,2-8,12-13,19H2,1H3,(H,37,38). The van der Waals surface area contributed by atoms with E-state index in [9.17, 15) is 9.18 Å². The van der Waals surface area contributed by atoms with Crippen LogP contribution in [0.5, 0.6) is 0 Å². The highest BCUT2D eigenvalue weighted by Gasteiger charge is 2.31. The number of nitrogens with one attached hydrogen (secondary N) is 1. The van der Waals surface area contributed by atoms with Gasteiger partial charge in [-0.05, 0) is 92.9 Å². The molecule has 1 aliphatic heterocycles. The van der Waals surface area contributed by atoms with Gasteiger partial charge in [0, 0.05) is 48.4 Å². The van der Waals surface area contributed by atoms with Gasteiger partial charge in [0.25, 0.3) is 5.56 Å². The zero-order valence-corrected chi connectivity index (χ0v) is 23.8. The average Bonchev–Trinajstić information content (AvgIpc) is 3.93. The maximum atomic E-state index is 14.5. The van der Waals surface area contributed by atoms with E-state index < -0.39 is 0 Å². The second kappa shape index (κ2) is 10.0. The average molecular weight is 564 g/mol. The van der Waals surface area contributed by atoms with Crippen LogP contribution in [0.4, 0.5) is 4.39 Å². The lowest BCUT2D eigenvalue weighted by atomic mass is 9.98. The highest BCUT2D eigenvalue weighted by atomic mass is 19.1. The van der Waals surface area contributed by atoms with E-state index in [0.717, 1.165) is 79.0 Å². The number of aromatic amines is 1. The van der Waals surface area contributed by atoms with Gasteiger partial charge in [0.15, 0.2) is 0 Å². The summed E-state index contributed by atoms with van der Waals surface area (Å²) in [5, 5.41) is 0. The van der Waals surface area contributed by atoms with E-state index in [1.54, 1.807) is 16.8 Å². The molecule has 0 amide bonds. The third-order valence-corrected chi connectivity index (χ3v) is 9.00. The minimum atomic E-state index is -0.316. The second-order valence-corrected chi connectivity index (χ2v) is 12.2. The first-order chi connectivity index (χ1) is 20.5. The molecule has 42 heavy (non-hydrogen) atoms. The summed E-state index contributed by atoms with van der Waals surface area (Å²) in [6, 6.07) is 8.88. The summed E-state index contributed by atoms with van der Waals surface area (Å²) in [5.74, 6) is 2.59. The van der Waals surface area contributed by atoms with E-state index in [1.165, 1.54) is 31.4 Å². The molecule has 3 fully saturated rings. The third kappa shape index (κ3) is 4.65. The number of piperidine rings is 1. The van der Waals surface area contributed by atoms with Crippen LogP contribution in [0.1, 0.15) is 73.9 Å². The maximum Gasteiger partial charge on any atom is 0.282 e. The number of fused-ring (bicyclic) bond motifs is 1. The Morgan fingerprint density at radius 3 is 2.52 bits per heavy atom. The number of hydrogen-bond acceptors (Lipinski definition) is 5. The van der Waals surface area contributed by atoms with Gasteiger partial charge in [-0.25, -0.2) is 19.3 Å². The van der Waals surface area contributed by atoms with E-state index in [1.807, 2.05) is 30.1 Å². The number of pyridine rings is 2. The monoisotopic (exact) mass is 563 g/mol. The number of imidazole rings is 2. The minimum Gasteiger partial charge on any atom is -0.336 e. The smallest absolute Gasteiger partial charge is 0.282 e. The van der Waals surface area contributed by atoms with Crippen LogP contribution in [0.15, 0.2) is 53.7 Å². The quantitative estimate of drug-likeness (QED) is 0.260. The molecule has 8 nitrogen and oxygen atoms in total. The van der Waals surface area contributed by atoms with E-state index in [4.69, 9.17) is 9.97 Å². The molecule has 0 bridgehead atoms. The number of H-pyrrole nitrogens is 1. The van der Waals surface area contributed by atoms with Crippen molar-refractivity contribution in [2.45, 2.75) is 63.3 Å². The van der Waals surface area contributed by atoms with Crippen LogP contribution in [-0.2, 0) is 13.6 Å². The number of aryl methyl sites for hydroxylation is 1. The lowest BCUT2D eigenvalue weighted by Crippen LogP contribution is -2.29. The van der Waals surface area contributed by atoms with Crippen molar-refractivity contribution in [3.63, 3.8) is 0 Å². The summed E-state index contributed by atoms with van der Waals surface area (Å²) in [6.45, 7) is 2.88. The molecule has 0 unspecified atom stereocenters. The van der Waals surface area contributed by atoms with Gasteiger partial charge >= 0.3 is 0 Å². The fourth-order valence-electron chi connectivity index (χ4n) is 6.42. The number of likely N-dealkylation sites (tertiary alicyclic amines) is 1. The topological polar surface area (TPSA) is 84.6 Å². The molecule has 0 atom stereocenters. The molecule has 2 aliphatic carbocycles. The zero-order valence-electron chi connectivity index (χ0n) is 23.8. The van der Waals surface area contributed by atoms with E-state index in [2.05, 4.69) is 20.9 Å².